The summed E-state index contributed by atoms with van der Waals surface area (Å²) in [6.45, 7) is 1.23. The minimum Gasteiger partial charge on any atom is -0.352 e. The Kier molecular flexibility index (Phi) is 6.17. The summed E-state index contributed by atoms with van der Waals surface area (Å²) in [7, 11) is 0. The number of hydrogen-bond acceptors (Lipinski definition) is 2. The molecular weight excluding hydrogens is 371 g/mol. The van der Waals surface area contributed by atoms with E-state index < -0.39 is 0 Å². The lowest BCUT2D eigenvalue weighted by Crippen LogP contribution is -2.24. The molecule has 2 amide bonds. The van der Waals surface area contributed by atoms with Crippen LogP contribution in [0.25, 0.3) is 0 Å². The molecule has 1 fully saturated rings. The predicted molar refractivity (Wildman–Crippen MR) is 105 cm³/mol. The van der Waals surface area contributed by atoms with Crippen LogP contribution in [0.2, 0.25) is 10.0 Å². The topological polar surface area (TPSA) is 49.4 Å². The van der Waals surface area contributed by atoms with E-state index in [1.807, 2.05) is 36.4 Å². The van der Waals surface area contributed by atoms with E-state index in [9.17, 15) is 9.59 Å². The van der Waals surface area contributed by atoms with Crippen LogP contribution in [0, 0.1) is 0 Å². The molecule has 1 N–H and O–H groups in total. The van der Waals surface area contributed by atoms with Crippen molar-refractivity contribution in [2.24, 2.45) is 0 Å². The first-order valence-corrected chi connectivity index (χ1v) is 9.39. The summed E-state index contributed by atoms with van der Waals surface area (Å²) in [5, 5.41) is 3.91. The molecule has 1 aliphatic heterocycles. The van der Waals surface area contributed by atoms with Gasteiger partial charge in [-0.25, -0.2) is 0 Å². The van der Waals surface area contributed by atoms with E-state index in [4.69, 9.17) is 23.2 Å². The molecule has 4 nitrogen and oxygen atoms in total. The largest absolute Gasteiger partial charge is 0.352 e. The van der Waals surface area contributed by atoms with Crippen molar-refractivity contribution < 1.29 is 9.59 Å². The van der Waals surface area contributed by atoms with Gasteiger partial charge in [0.05, 0.1) is 10.0 Å². The Morgan fingerprint density at radius 1 is 1.12 bits per heavy atom. The van der Waals surface area contributed by atoms with Crippen molar-refractivity contribution >= 4 is 40.7 Å². The maximum Gasteiger partial charge on any atom is 0.227 e. The number of hydrogen-bond donors (Lipinski definition) is 1. The van der Waals surface area contributed by atoms with E-state index in [1.165, 1.54) is 0 Å². The summed E-state index contributed by atoms with van der Waals surface area (Å²) in [4.78, 5) is 25.6. The van der Waals surface area contributed by atoms with E-state index >= 15 is 0 Å². The van der Waals surface area contributed by atoms with Gasteiger partial charge in [0.25, 0.3) is 0 Å². The Morgan fingerprint density at radius 3 is 2.58 bits per heavy atom. The second-order valence-electron chi connectivity index (χ2n) is 6.31. The van der Waals surface area contributed by atoms with Crippen molar-refractivity contribution in [2.75, 3.05) is 11.4 Å². The van der Waals surface area contributed by atoms with Crippen molar-refractivity contribution in [1.82, 2.24) is 5.32 Å². The summed E-state index contributed by atoms with van der Waals surface area (Å²) in [5.41, 5.74) is 2.78. The highest BCUT2D eigenvalue weighted by atomic mass is 35.5. The van der Waals surface area contributed by atoms with E-state index in [2.05, 4.69) is 5.32 Å². The van der Waals surface area contributed by atoms with Crippen molar-refractivity contribution in [3.63, 3.8) is 0 Å². The third-order valence-corrected chi connectivity index (χ3v) is 5.32. The molecule has 0 aliphatic carbocycles. The van der Waals surface area contributed by atoms with Crippen LogP contribution < -0.4 is 10.2 Å². The molecule has 0 spiro atoms. The molecular formula is C20H20Cl2N2O2. The van der Waals surface area contributed by atoms with Gasteiger partial charge < -0.3 is 10.2 Å². The molecule has 0 atom stereocenters. The van der Waals surface area contributed by atoms with Crippen LogP contribution >= 0.6 is 23.2 Å². The first-order valence-electron chi connectivity index (χ1n) is 8.63. The van der Waals surface area contributed by atoms with Crippen LogP contribution in [-0.2, 0) is 22.6 Å². The first-order chi connectivity index (χ1) is 12.5. The van der Waals surface area contributed by atoms with Crippen molar-refractivity contribution in [3.05, 3.63) is 63.6 Å². The SMILES string of the molecule is O=C(CCc1cccc(Cl)c1Cl)NCc1ccc(N2CCCC2=O)cc1. The van der Waals surface area contributed by atoms with Crippen molar-refractivity contribution in [1.29, 1.82) is 0 Å². The lowest BCUT2D eigenvalue weighted by Gasteiger charge is -2.16. The second kappa shape index (κ2) is 8.56. The lowest BCUT2D eigenvalue weighted by atomic mass is 10.1. The zero-order valence-electron chi connectivity index (χ0n) is 14.3. The van der Waals surface area contributed by atoms with Crippen LogP contribution in [0.15, 0.2) is 42.5 Å². The summed E-state index contributed by atoms with van der Waals surface area (Å²) >= 11 is 12.1. The number of carbonyl (C=O) groups excluding carboxylic acids is 2. The summed E-state index contributed by atoms with van der Waals surface area (Å²) in [6.07, 6.45) is 2.42. The molecule has 0 radical (unpaired) electrons. The van der Waals surface area contributed by atoms with Crippen LogP contribution in [0.3, 0.4) is 0 Å². The van der Waals surface area contributed by atoms with Gasteiger partial charge in [0.2, 0.25) is 11.8 Å². The monoisotopic (exact) mass is 390 g/mol. The maximum atomic E-state index is 12.1. The normalized spacial score (nSPS) is 13.9. The molecule has 1 aliphatic rings. The summed E-state index contributed by atoms with van der Waals surface area (Å²) in [6, 6.07) is 13.2. The quantitative estimate of drug-likeness (QED) is 0.795. The highest BCUT2D eigenvalue weighted by Gasteiger charge is 2.21. The number of carbonyl (C=O) groups is 2. The second-order valence-corrected chi connectivity index (χ2v) is 7.09. The number of amides is 2. The minimum atomic E-state index is -0.0418. The van der Waals surface area contributed by atoms with Gasteiger partial charge in [-0.1, -0.05) is 47.5 Å². The molecule has 26 heavy (non-hydrogen) atoms. The first kappa shape index (κ1) is 18.7. The smallest absolute Gasteiger partial charge is 0.227 e. The Labute approximate surface area is 163 Å². The molecule has 0 unspecified atom stereocenters. The number of nitrogens with zero attached hydrogens (tertiary/aromatic N) is 1. The van der Waals surface area contributed by atoms with Gasteiger partial charge >= 0.3 is 0 Å². The average Bonchev–Trinajstić information content (AvgIpc) is 3.07. The highest BCUT2D eigenvalue weighted by Crippen LogP contribution is 2.26. The third-order valence-electron chi connectivity index (χ3n) is 4.46. The van der Waals surface area contributed by atoms with Crippen LogP contribution in [-0.4, -0.2) is 18.4 Å². The van der Waals surface area contributed by atoms with Gasteiger partial charge in [-0.3, -0.25) is 9.59 Å². The fourth-order valence-corrected chi connectivity index (χ4v) is 3.41. The number of rotatable bonds is 6. The van der Waals surface area contributed by atoms with E-state index in [1.54, 1.807) is 11.0 Å². The molecule has 0 saturated carbocycles. The number of nitrogens with one attached hydrogen (secondary N) is 1. The molecule has 0 aromatic heterocycles. The van der Waals surface area contributed by atoms with Gasteiger partial charge in [0.15, 0.2) is 0 Å². The molecule has 6 heteroatoms. The van der Waals surface area contributed by atoms with Gasteiger partial charge in [-0.05, 0) is 42.2 Å². The van der Waals surface area contributed by atoms with Gasteiger partial charge in [0, 0.05) is 31.6 Å². The number of aryl methyl sites for hydroxylation is 1. The minimum absolute atomic E-state index is 0.0418. The van der Waals surface area contributed by atoms with E-state index in [-0.39, 0.29) is 11.8 Å². The van der Waals surface area contributed by atoms with Crippen molar-refractivity contribution in [2.45, 2.75) is 32.2 Å². The molecule has 1 heterocycles. The Bertz CT molecular complexity index is 806. The Balaban J connectivity index is 1.48. The molecule has 0 bridgehead atoms. The lowest BCUT2D eigenvalue weighted by molar-refractivity contribution is -0.121. The van der Waals surface area contributed by atoms with Gasteiger partial charge in [0.1, 0.15) is 0 Å². The highest BCUT2D eigenvalue weighted by molar-refractivity contribution is 6.42. The fraction of sp³-hybridized carbons (Fsp3) is 0.300. The van der Waals surface area contributed by atoms with Crippen LogP contribution in [0.4, 0.5) is 5.69 Å². The molecule has 136 valence electrons. The third kappa shape index (κ3) is 4.57. The Morgan fingerprint density at radius 2 is 1.88 bits per heavy atom. The zero-order chi connectivity index (χ0) is 18.5. The van der Waals surface area contributed by atoms with Gasteiger partial charge in [-0.2, -0.15) is 0 Å². The average molecular weight is 391 g/mol. The standard InChI is InChI=1S/C20H20Cl2N2O2/c21-17-4-1-3-15(20(17)22)8-11-18(25)23-13-14-6-9-16(10-7-14)24-12-2-5-19(24)26/h1,3-4,6-7,9-10H,2,5,8,11-13H2,(H,23,25). The van der Waals surface area contributed by atoms with Crippen LogP contribution in [0.1, 0.15) is 30.4 Å². The number of anilines is 1. The number of benzene rings is 2. The molecule has 2 aromatic rings. The maximum absolute atomic E-state index is 12.1. The number of halogens is 2. The summed E-state index contributed by atoms with van der Waals surface area (Å²) < 4.78 is 0. The zero-order valence-corrected chi connectivity index (χ0v) is 15.8. The van der Waals surface area contributed by atoms with E-state index in [0.29, 0.717) is 35.9 Å². The summed E-state index contributed by atoms with van der Waals surface area (Å²) in [5.74, 6) is 0.130. The van der Waals surface area contributed by atoms with E-state index in [0.717, 1.165) is 29.8 Å². The predicted octanol–water partition coefficient (Wildman–Crippen LogP) is 4.37. The van der Waals surface area contributed by atoms with Crippen molar-refractivity contribution in [3.8, 4) is 0 Å². The molecule has 3 rings (SSSR count). The molecule has 1 saturated heterocycles. The van der Waals surface area contributed by atoms with Crippen LogP contribution in [0.5, 0.6) is 0 Å². The van der Waals surface area contributed by atoms with Gasteiger partial charge in [-0.15, -0.1) is 0 Å². The fourth-order valence-electron chi connectivity index (χ4n) is 2.99. The Hall–Kier alpha value is -2.04. The molecule has 2 aromatic carbocycles.